The Morgan fingerprint density at radius 3 is 2.81 bits per heavy atom. The number of aromatic amines is 1. The Kier molecular flexibility index (Phi) is 4.97. The number of ether oxygens (including phenoxy) is 1. The molecular weight excluding hydrogens is 402 g/mol. The van der Waals surface area contributed by atoms with Crippen LogP contribution in [0.4, 0.5) is 5.69 Å². The van der Waals surface area contributed by atoms with Crippen LogP contribution in [0.3, 0.4) is 0 Å². The van der Waals surface area contributed by atoms with Gasteiger partial charge in [-0.15, -0.1) is 0 Å². The lowest BCUT2D eigenvalue weighted by Crippen LogP contribution is -2.06. The van der Waals surface area contributed by atoms with Gasteiger partial charge in [-0.25, -0.2) is 9.67 Å². The van der Waals surface area contributed by atoms with E-state index in [1.54, 1.807) is 24.4 Å². The number of anilines is 1. The van der Waals surface area contributed by atoms with Crippen LogP contribution in [0.2, 0.25) is 0 Å². The summed E-state index contributed by atoms with van der Waals surface area (Å²) in [5, 5.41) is 8.13. The fourth-order valence-electron chi connectivity index (χ4n) is 3.43. The van der Waals surface area contributed by atoms with E-state index in [0.717, 1.165) is 27.8 Å². The van der Waals surface area contributed by atoms with Crippen molar-refractivity contribution in [2.75, 3.05) is 5.32 Å². The molecule has 0 radical (unpaired) electrons. The standard InChI is InChI=1S/C25H19N5O2.2H2/c1-2-24(31)29-18-7-6-10-20(11-18)32-21-12-22-23(15-27-25(22)26-14-21)17-13-28-30(16-17)19-8-4-3-5-9-19;;/h2-16H,1H2,(H,26,27)(H,29,31);2*1H. The van der Waals surface area contributed by atoms with Gasteiger partial charge in [-0.3, -0.25) is 4.79 Å². The molecule has 0 aliphatic rings. The zero-order valence-electron chi connectivity index (χ0n) is 17.0. The summed E-state index contributed by atoms with van der Waals surface area (Å²) < 4.78 is 7.84. The highest BCUT2D eigenvalue weighted by molar-refractivity contribution is 5.99. The number of benzene rings is 2. The molecule has 2 N–H and O–H groups in total. The second kappa shape index (κ2) is 8.23. The molecule has 1 amide bonds. The van der Waals surface area contributed by atoms with E-state index >= 15 is 0 Å². The molecule has 0 aliphatic heterocycles. The first-order chi connectivity index (χ1) is 15.7. The van der Waals surface area contributed by atoms with E-state index in [0.29, 0.717) is 17.2 Å². The van der Waals surface area contributed by atoms with E-state index in [2.05, 4.69) is 27.0 Å². The fourth-order valence-corrected chi connectivity index (χ4v) is 3.43. The average molecular weight is 425 g/mol. The van der Waals surface area contributed by atoms with Crippen LogP contribution in [0.15, 0.2) is 98.1 Å². The van der Waals surface area contributed by atoms with Crippen molar-refractivity contribution >= 4 is 22.6 Å². The summed E-state index contributed by atoms with van der Waals surface area (Å²) in [6.45, 7) is 3.46. The normalized spacial score (nSPS) is 10.8. The summed E-state index contributed by atoms with van der Waals surface area (Å²) in [4.78, 5) is 19.2. The predicted octanol–water partition coefficient (Wildman–Crippen LogP) is 5.82. The SMILES string of the molecule is C=CC(=O)Nc1cccc(Oc2cnc3[nH]cc(-c4cnn(-c5ccccc5)c4)c3c2)c1.[HH].[HH]. The summed E-state index contributed by atoms with van der Waals surface area (Å²) in [5.41, 5.74) is 4.31. The van der Waals surface area contributed by atoms with Gasteiger partial charge >= 0.3 is 0 Å². The molecule has 0 fully saturated rings. The number of H-pyrrole nitrogens is 1. The molecule has 0 unspecified atom stereocenters. The highest BCUT2D eigenvalue weighted by Gasteiger charge is 2.12. The summed E-state index contributed by atoms with van der Waals surface area (Å²) in [6.07, 6.45) is 8.61. The minimum atomic E-state index is -0.279. The molecule has 7 nitrogen and oxygen atoms in total. The van der Waals surface area contributed by atoms with Crippen molar-refractivity contribution in [2.45, 2.75) is 0 Å². The number of nitrogens with zero attached hydrogens (tertiary/aromatic N) is 3. The van der Waals surface area contributed by atoms with Gasteiger partial charge in [0.05, 0.1) is 18.1 Å². The van der Waals surface area contributed by atoms with E-state index in [1.807, 2.05) is 65.7 Å². The molecule has 0 saturated heterocycles. The lowest BCUT2D eigenvalue weighted by atomic mass is 10.1. The third-order valence-corrected chi connectivity index (χ3v) is 4.94. The molecule has 3 aromatic heterocycles. The molecule has 160 valence electrons. The van der Waals surface area contributed by atoms with E-state index in [4.69, 9.17) is 4.74 Å². The molecule has 3 heterocycles. The Morgan fingerprint density at radius 2 is 1.97 bits per heavy atom. The molecule has 5 aromatic rings. The van der Waals surface area contributed by atoms with E-state index in [1.165, 1.54) is 6.08 Å². The quantitative estimate of drug-likeness (QED) is 0.336. The molecule has 7 heteroatoms. The van der Waals surface area contributed by atoms with Gasteiger partial charge < -0.3 is 15.0 Å². The summed E-state index contributed by atoms with van der Waals surface area (Å²) in [5.74, 6) is 0.890. The van der Waals surface area contributed by atoms with Crippen molar-refractivity contribution in [1.29, 1.82) is 0 Å². The molecule has 0 aliphatic carbocycles. The molecule has 5 rings (SSSR count). The molecule has 0 spiro atoms. The minimum absolute atomic E-state index is 0. The number of fused-ring (bicyclic) bond motifs is 1. The third-order valence-electron chi connectivity index (χ3n) is 4.94. The highest BCUT2D eigenvalue weighted by Crippen LogP contribution is 2.32. The third kappa shape index (κ3) is 3.87. The first kappa shape index (κ1) is 19.3. The Morgan fingerprint density at radius 1 is 1.09 bits per heavy atom. The number of nitrogens with one attached hydrogen (secondary N) is 2. The first-order valence-electron chi connectivity index (χ1n) is 9.98. The fraction of sp³-hybridized carbons (Fsp3) is 0. The number of rotatable bonds is 6. The van der Waals surface area contributed by atoms with Crippen molar-refractivity contribution < 1.29 is 12.4 Å². The zero-order chi connectivity index (χ0) is 21.9. The number of hydrogen-bond donors (Lipinski definition) is 2. The van der Waals surface area contributed by atoms with Crippen LogP contribution >= 0.6 is 0 Å². The number of amides is 1. The maximum absolute atomic E-state index is 11.5. The van der Waals surface area contributed by atoms with Gasteiger partial charge in [-0.2, -0.15) is 5.10 Å². The number of carbonyl (C=O) groups is 1. The second-order valence-corrected chi connectivity index (χ2v) is 7.10. The molecule has 32 heavy (non-hydrogen) atoms. The van der Waals surface area contributed by atoms with Gasteiger partial charge in [0.1, 0.15) is 17.1 Å². The van der Waals surface area contributed by atoms with Crippen LogP contribution in [-0.4, -0.2) is 25.7 Å². The largest absolute Gasteiger partial charge is 0.456 e. The lowest BCUT2D eigenvalue weighted by Gasteiger charge is -2.08. The Bertz CT molecular complexity index is 1430. The van der Waals surface area contributed by atoms with Gasteiger partial charge in [0.15, 0.2) is 0 Å². The molecule has 2 aromatic carbocycles. The molecule has 0 bridgehead atoms. The maximum Gasteiger partial charge on any atom is 0.247 e. The van der Waals surface area contributed by atoms with Crippen LogP contribution in [-0.2, 0) is 4.79 Å². The highest BCUT2D eigenvalue weighted by atomic mass is 16.5. The Hall–Kier alpha value is -4.65. The minimum Gasteiger partial charge on any atom is -0.456 e. The average Bonchev–Trinajstić information content (AvgIpc) is 3.47. The van der Waals surface area contributed by atoms with Crippen LogP contribution in [0.1, 0.15) is 2.85 Å². The smallest absolute Gasteiger partial charge is 0.247 e. The van der Waals surface area contributed by atoms with E-state index in [-0.39, 0.29) is 8.76 Å². The number of para-hydroxylation sites is 1. The monoisotopic (exact) mass is 425 g/mol. The van der Waals surface area contributed by atoms with Gasteiger partial charge in [0.2, 0.25) is 5.91 Å². The number of pyridine rings is 1. The molecule has 0 atom stereocenters. The predicted molar refractivity (Wildman–Crippen MR) is 128 cm³/mol. The van der Waals surface area contributed by atoms with Crippen molar-refractivity contribution in [3.05, 3.63) is 98.1 Å². The van der Waals surface area contributed by atoms with E-state index < -0.39 is 0 Å². The maximum atomic E-state index is 11.5. The zero-order valence-corrected chi connectivity index (χ0v) is 17.0. The van der Waals surface area contributed by atoms with Gasteiger partial charge in [-0.1, -0.05) is 30.8 Å². The summed E-state index contributed by atoms with van der Waals surface area (Å²) in [7, 11) is 0. The Balaban J connectivity index is 0.00000162. The van der Waals surface area contributed by atoms with Crippen LogP contribution < -0.4 is 10.1 Å². The summed E-state index contributed by atoms with van der Waals surface area (Å²) >= 11 is 0. The van der Waals surface area contributed by atoms with E-state index in [9.17, 15) is 4.79 Å². The number of hydrogen-bond acceptors (Lipinski definition) is 4. The second-order valence-electron chi connectivity index (χ2n) is 7.10. The van der Waals surface area contributed by atoms with Crippen molar-refractivity contribution in [2.24, 2.45) is 0 Å². The van der Waals surface area contributed by atoms with Crippen molar-refractivity contribution in [3.8, 4) is 28.3 Å². The van der Waals surface area contributed by atoms with Crippen molar-refractivity contribution in [3.63, 3.8) is 0 Å². The molecule has 0 saturated carbocycles. The van der Waals surface area contributed by atoms with Crippen LogP contribution in [0, 0.1) is 0 Å². The topological polar surface area (TPSA) is 84.8 Å². The van der Waals surface area contributed by atoms with Crippen LogP contribution in [0.25, 0.3) is 27.8 Å². The van der Waals surface area contributed by atoms with Gasteiger partial charge in [0.25, 0.3) is 0 Å². The van der Waals surface area contributed by atoms with Crippen molar-refractivity contribution in [1.82, 2.24) is 19.7 Å². The summed E-state index contributed by atoms with van der Waals surface area (Å²) in [6, 6.07) is 19.0. The van der Waals surface area contributed by atoms with Gasteiger partial charge in [0, 0.05) is 43.5 Å². The molecular formula is C25H23N5O2. The Labute approximate surface area is 187 Å². The lowest BCUT2D eigenvalue weighted by molar-refractivity contribution is -0.111. The number of carbonyl (C=O) groups excluding carboxylic acids is 1. The number of aromatic nitrogens is 4. The first-order valence-corrected chi connectivity index (χ1v) is 9.98. The van der Waals surface area contributed by atoms with Crippen LogP contribution in [0.5, 0.6) is 11.5 Å². The van der Waals surface area contributed by atoms with Gasteiger partial charge in [-0.05, 0) is 36.4 Å².